The zero-order chi connectivity index (χ0) is 10.1. The van der Waals surface area contributed by atoms with Gasteiger partial charge in [-0.05, 0) is 12.1 Å². The third kappa shape index (κ3) is 1.42. The monoisotopic (exact) mass is 194 g/mol. The quantitative estimate of drug-likeness (QED) is 0.665. The lowest BCUT2D eigenvalue weighted by Gasteiger charge is -2.11. The van der Waals surface area contributed by atoms with Crippen molar-refractivity contribution in [3.05, 3.63) is 24.2 Å². The molecule has 74 valence electrons. The van der Waals surface area contributed by atoms with Gasteiger partial charge in [-0.3, -0.25) is 14.5 Å². The molecule has 1 atom stereocenters. The number of hydrogen-bond donors (Lipinski definition) is 1. The third-order valence-electron chi connectivity index (χ3n) is 2.17. The van der Waals surface area contributed by atoms with Crippen LogP contribution in [-0.4, -0.2) is 22.8 Å². The molecule has 5 heteroatoms. The molecule has 1 aliphatic rings. The maximum Gasteiger partial charge on any atom is 0.247 e. The Morgan fingerprint density at radius 3 is 2.86 bits per heavy atom. The fraction of sp³-hybridized carbons (Fsp3) is 0.333. The summed E-state index contributed by atoms with van der Waals surface area (Å²) >= 11 is 0. The van der Waals surface area contributed by atoms with Crippen molar-refractivity contribution in [2.75, 3.05) is 0 Å². The van der Waals surface area contributed by atoms with Crippen LogP contribution in [-0.2, 0) is 16.1 Å². The number of nitrogens with zero attached hydrogens (tertiary/aromatic N) is 1. The number of rotatable bonds is 2. The van der Waals surface area contributed by atoms with E-state index in [1.54, 1.807) is 12.1 Å². The molecule has 1 aliphatic heterocycles. The van der Waals surface area contributed by atoms with Crippen LogP contribution in [0, 0.1) is 0 Å². The SMILES string of the molecule is NC1CC(=O)N(Cc2ccco2)C1=O. The van der Waals surface area contributed by atoms with E-state index in [-0.39, 0.29) is 24.8 Å². The highest BCUT2D eigenvalue weighted by Crippen LogP contribution is 2.15. The summed E-state index contributed by atoms with van der Waals surface area (Å²) in [5.74, 6) is 0.0195. The van der Waals surface area contributed by atoms with Crippen LogP contribution < -0.4 is 5.73 Å². The van der Waals surface area contributed by atoms with Gasteiger partial charge in [0.2, 0.25) is 11.8 Å². The maximum atomic E-state index is 11.4. The van der Waals surface area contributed by atoms with E-state index in [1.165, 1.54) is 6.26 Å². The second-order valence-electron chi connectivity index (χ2n) is 3.21. The number of furan rings is 1. The van der Waals surface area contributed by atoms with Gasteiger partial charge in [0.25, 0.3) is 0 Å². The van der Waals surface area contributed by atoms with Crippen LogP contribution in [0.4, 0.5) is 0 Å². The Kier molecular flexibility index (Phi) is 2.09. The van der Waals surface area contributed by atoms with Crippen molar-refractivity contribution in [3.8, 4) is 0 Å². The number of carbonyl (C=O) groups excluding carboxylic acids is 2. The van der Waals surface area contributed by atoms with Gasteiger partial charge in [0.05, 0.1) is 25.3 Å². The summed E-state index contributed by atoms with van der Waals surface area (Å²) in [6.45, 7) is 0.179. The Morgan fingerprint density at radius 1 is 1.57 bits per heavy atom. The normalized spacial score (nSPS) is 22.1. The highest BCUT2D eigenvalue weighted by Gasteiger charge is 2.36. The number of likely N-dealkylation sites (tertiary alicyclic amines) is 1. The van der Waals surface area contributed by atoms with Crippen LogP contribution in [0.5, 0.6) is 0 Å². The van der Waals surface area contributed by atoms with E-state index >= 15 is 0 Å². The van der Waals surface area contributed by atoms with E-state index in [9.17, 15) is 9.59 Å². The van der Waals surface area contributed by atoms with Gasteiger partial charge >= 0.3 is 0 Å². The van der Waals surface area contributed by atoms with Crippen molar-refractivity contribution in [2.45, 2.75) is 19.0 Å². The molecule has 0 bridgehead atoms. The lowest BCUT2D eigenvalue weighted by molar-refractivity contribution is -0.139. The summed E-state index contributed by atoms with van der Waals surface area (Å²) in [6.07, 6.45) is 1.60. The first-order chi connectivity index (χ1) is 6.68. The Balaban J connectivity index is 2.12. The van der Waals surface area contributed by atoms with Gasteiger partial charge in [0, 0.05) is 0 Å². The first-order valence-corrected chi connectivity index (χ1v) is 4.30. The Morgan fingerprint density at radius 2 is 2.36 bits per heavy atom. The van der Waals surface area contributed by atoms with Crippen molar-refractivity contribution >= 4 is 11.8 Å². The van der Waals surface area contributed by atoms with Gasteiger partial charge < -0.3 is 10.2 Å². The molecule has 5 nitrogen and oxygen atoms in total. The van der Waals surface area contributed by atoms with Crippen LogP contribution in [0.15, 0.2) is 22.8 Å². The first kappa shape index (κ1) is 8.96. The minimum atomic E-state index is -0.683. The molecule has 2 heterocycles. The van der Waals surface area contributed by atoms with E-state index in [0.717, 1.165) is 4.90 Å². The molecule has 0 radical (unpaired) electrons. The highest BCUT2D eigenvalue weighted by atomic mass is 16.3. The molecular weight excluding hydrogens is 184 g/mol. The van der Waals surface area contributed by atoms with Gasteiger partial charge in [0.15, 0.2) is 0 Å². The van der Waals surface area contributed by atoms with Crippen molar-refractivity contribution in [1.29, 1.82) is 0 Å². The predicted molar refractivity (Wildman–Crippen MR) is 46.9 cm³/mol. The summed E-state index contributed by atoms with van der Waals surface area (Å²) in [5, 5.41) is 0. The summed E-state index contributed by atoms with van der Waals surface area (Å²) in [4.78, 5) is 23.8. The van der Waals surface area contributed by atoms with Crippen molar-refractivity contribution in [1.82, 2.24) is 4.90 Å². The minimum absolute atomic E-state index is 0.0968. The van der Waals surface area contributed by atoms with Crippen LogP contribution in [0.25, 0.3) is 0 Å². The lowest BCUT2D eigenvalue weighted by atomic mass is 10.3. The maximum absolute atomic E-state index is 11.4. The second-order valence-corrected chi connectivity index (χ2v) is 3.21. The van der Waals surface area contributed by atoms with Gasteiger partial charge in [0.1, 0.15) is 5.76 Å². The fourth-order valence-corrected chi connectivity index (χ4v) is 1.43. The van der Waals surface area contributed by atoms with Crippen LogP contribution >= 0.6 is 0 Å². The molecule has 2 amide bonds. The Bertz CT molecular complexity index is 358. The molecule has 2 rings (SSSR count). The lowest BCUT2D eigenvalue weighted by Crippen LogP contribution is -2.34. The van der Waals surface area contributed by atoms with E-state index in [0.29, 0.717) is 5.76 Å². The van der Waals surface area contributed by atoms with Gasteiger partial charge in [-0.15, -0.1) is 0 Å². The van der Waals surface area contributed by atoms with Gasteiger partial charge in [-0.25, -0.2) is 0 Å². The topological polar surface area (TPSA) is 76.5 Å². The average Bonchev–Trinajstić information content (AvgIpc) is 2.71. The smallest absolute Gasteiger partial charge is 0.247 e. The van der Waals surface area contributed by atoms with E-state index in [1.807, 2.05) is 0 Å². The molecule has 1 saturated heterocycles. The molecule has 0 saturated carbocycles. The van der Waals surface area contributed by atoms with Crippen LogP contribution in [0.1, 0.15) is 12.2 Å². The molecule has 14 heavy (non-hydrogen) atoms. The van der Waals surface area contributed by atoms with Crippen LogP contribution in [0.2, 0.25) is 0 Å². The molecule has 0 aliphatic carbocycles. The summed E-state index contributed by atoms with van der Waals surface area (Å²) in [7, 11) is 0. The Labute approximate surface area is 80.5 Å². The minimum Gasteiger partial charge on any atom is -0.467 e. The molecule has 1 unspecified atom stereocenters. The van der Waals surface area contributed by atoms with E-state index < -0.39 is 6.04 Å². The van der Waals surface area contributed by atoms with Crippen molar-refractivity contribution < 1.29 is 14.0 Å². The third-order valence-corrected chi connectivity index (χ3v) is 2.17. The molecule has 0 aromatic carbocycles. The molecule has 1 aromatic rings. The highest BCUT2D eigenvalue weighted by molar-refractivity contribution is 6.05. The molecule has 1 fully saturated rings. The zero-order valence-electron chi connectivity index (χ0n) is 7.47. The number of amides is 2. The number of nitrogens with two attached hydrogens (primary N) is 1. The molecule has 0 spiro atoms. The fourth-order valence-electron chi connectivity index (χ4n) is 1.43. The second kappa shape index (κ2) is 3.26. The van der Waals surface area contributed by atoms with Gasteiger partial charge in [-0.1, -0.05) is 0 Å². The summed E-state index contributed by atoms with van der Waals surface area (Å²) < 4.78 is 5.04. The van der Waals surface area contributed by atoms with E-state index in [2.05, 4.69) is 0 Å². The van der Waals surface area contributed by atoms with Gasteiger partial charge in [-0.2, -0.15) is 0 Å². The number of imide groups is 1. The van der Waals surface area contributed by atoms with Crippen LogP contribution in [0.3, 0.4) is 0 Å². The summed E-state index contributed by atoms with van der Waals surface area (Å²) in [6, 6.07) is 2.74. The standard InChI is InChI=1S/C9H10N2O3/c10-7-4-8(12)11(9(7)13)5-6-2-1-3-14-6/h1-3,7H,4-5,10H2. The number of hydrogen-bond acceptors (Lipinski definition) is 4. The average molecular weight is 194 g/mol. The molecule has 2 N–H and O–H groups in total. The van der Waals surface area contributed by atoms with Crippen molar-refractivity contribution in [3.63, 3.8) is 0 Å². The Hall–Kier alpha value is -1.62. The van der Waals surface area contributed by atoms with E-state index in [4.69, 9.17) is 10.2 Å². The summed E-state index contributed by atoms with van der Waals surface area (Å²) in [5.41, 5.74) is 5.45. The molecular formula is C9H10N2O3. The number of carbonyl (C=O) groups is 2. The first-order valence-electron chi connectivity index (χ1n) is 4.30. The van der Waals surface area contributed by atoms with Crippen molar-refractivity contribution in [2.24, 2.45) is 5.73 Å². The predicted octanol–water partition coefficient (Wildman–Crippen LogP) is -0.134. The molecule has 1 aromatic heterocycles. The largest absolute Gasteiger partial charge is 0.467 e. The zero-order valence-corrected chi connectivity index (χ0v) is 7.47.